The second-order valence-corrected chi connectivity index (χ2v) is 10.9. The Morgan fingerprint density at radius 1 is 1.15 bits per heavy atom. The molecule has 1 fully saturated rings. The Hall–Kier alpha value is -3.50. The van der Waals surface area contributed by atoms with Crippen LogP contribution in [0.5, 0.6) is 0 Å². The topological polar surface area (TPSA) is 106 Å². The molecule has 4 heterocycles. The molecule has 3 aromatic heterocycles. The molecule has 0 saturated carbocycles. The summed E-state index contributed by atoms with van der Waals surface area (Å²) in [5.74, 6) is 1.97. The zero-order chi connectivity index (χ0) is 26.9. The average molecular weight is 609 g/mol. The number of amides is 1. The second-order valence-electron chi connectivity index (χ2n) is 9.71. The van der Waals surface area contributed by atoms with E-state index < -0.39 is 0 Å². The number of imidazole rings is 1. The van der Waals surface area contributed by atoms with Gasteiger partial charge in [0.1, 0.15) is 22.9 Å². The van der Waals surface area contributed by atoms with E-state index in [-0.39, 0.29) is 11.1 Å². The third kappa shape index (κ3) is 4.87. The summed E-state index contributed by atoms with van der Waals surface area (Å²) in [7, 11) is 0. The lowest BCUT2D eigenvalue weighted by Gasteiger charge is -2.18. The number of rotatable bonds is 8. The first-order valence-electron chi connectivity index (χ1n) is 13.1. The van der Waals surface area contributed by atoms with E-state index in [4.69, 9.17) is 16.0 Å². The predicted molar refractivity (Wildman–Crippen MR) is 153 cm³/mol. The monoisotopic (exact) mass is 607 g/mol. The molecule has 1 aliphatic heterocycles. The number of hydrogen-bond donors (Lipinski definition) is 1. The van der Waals surface area contributed by atoms with Gasteiger partial charge in [-0.2, -0.15) is 5.21 Å². The van der Waals surface area contributed by atoms with Gasteiger partial charge in [0, 0.05) is 42.6 Å². The molecule has 9 nitrogen and oxygen atoms in total. The van der Waals surface area contributed by atoms with Crippen molar-refractivity contribution in [2.45, 2.75) is 45.6 Å². The number of H-pyrrole nitrogens is 1. The number of likely N-dealkylation sites (tertiary alicyclic amines) is 1. The molecule has 5 aromatic rings. The maximum atomic E-state index is 13.5. The minimum Gasteiger partial charge on any atom is -0.455 e. The Morgan fingerprint density at radius 3 is 2.69 bits per heavy atom. The van der Waals surface area contributed by atoms with Crippen LogP contribution in [-0.2, 0) is 13.0 Å². The molecule has 0 unspecified atom stereocenters. The van der Waals surface area contributed by atoms with Crippen LogP contribution < -0.4 is 0 Å². The molecule has 0 atom stereocenters. The first-order valence-corrected chi connectivity index (χ1v) is 14.3. The summed E-state index contributed by atoms with van der Waals surface area (Å²) in [6, 6.07) is 13.9. The van der Waals surface area contributed by atoms with Crippen LogP contribution in [0.1, 0.15) is 54.5 Å². The number of halogens is 2. The zero-order valence-corrected chi connectivity index (χ0v) is 23.8. The predicted octanol–water partition coefficient (Wildman–Crippen LogP) is 6.52. The Morgan fingerprint density at radius 2 is 1.95 bits per heavy atom. The van der Waals surface area contributed by atoms with Gasteiger partial charge in [-0.25, -0.2) is 4.98 Å². The van der Waals surface area contributed by atoms with E-state index in [2.05, 4.69) is 54.5 Å². The summed E-state index contributed by atoms with van der Waals surface area (Å²) < 4.78 is 9.14. The van der Waals surface area contributed by atoms with Gasteiger partial charge in [-0.15, -0.1) is 10.2 Å². The highest BCUT2D eigenvalue weighted by Gasteiger charge is 2.28. The largest absolute Gasteiger partial charge is 0.455 e. The van der Waals surface area contributed by atoms with Crippen molar-refractivity contribution < 1.29 is 9.21 Å². The van der Waals surface area contributed by atoms with Gasteiger partial charge in [0.15, 0.2) is 5.15 Å². The Labute approximate surface area is 238 Å². The Bertz CT molecular complexity index is 1640. The molecule has 0 aliphatic carbocycles. The van der Waals surface area contributed by atoms with Crippen LogP contribution in [0.2, 0.25) is 5.15 Å². The number of fused-ring (bicyclic) bond motifs is 1. The first kappa shape index (κ1) is 25.8. The van der Waals surface area contributed by atoms with Crippen molar-refractivity contribution in [1.29, 1.82) is 0 Å². The molecule has 1 aliphatic rings. The number of benzene rings is 2. The average Bonchev–Trinajstić information content (AvgIpc) is 3.76. The number of furan rings is 1. The zero-order valence-electron chi connectivity index (χ0n) is 21.5. The van der Waals surface area contributed by atoms with Gasteiger partial charge in [0.2, 0.25) is 5.82 Å². The first-order chi connectivity index (χ1) is 19.0. The molecular weight excluding hydrogens is 582 g/mol. The van der Waals surface area contributed by atoms with Crippen molar-refractivity contribution in [3.8, 4) is 22.7 Å². The summed E-state index contributed by atoms with van der Waals surface area (Å²) in [5, 5.41) is 15.7. The summed E-state index contributed by atoms with van der Waals surface area (Å²) in [6.07, 6.45) is 4.80. The van der Waals surface area contributed by atoms with E-state index in [1.165, 1.54) is 0 Å². The van der Waals surface area contributed by atoms with E-state index in [1.54, 1.807) is 0 Å². The van der Waals surface area contributed by atoms with E-state index in [9.17, 15) is 4.79 Å². The quantitative estimate of drug-likeness (QED) is 0.215. The Kier molecular flexibility index (Phi) is 7.22. The normalized spacial score (nSPS) is 13.6. The lowest BCUT2D eigenvalue weighted by atomic mass is 10.0. The van der Waals surface area contributed by atoms with Crippen LogP contribution >= 0.6 is 27.5 Å². The third-order valence-electron chi connectivity index (χ3n) is 7.14. The fourth-order valence-corrected chi connectivity index (χ4v) is 6.04. The number of carbonyl (C=O) groups excluding carboxylic acids is 1. The van der Waals surface area contributed by atoms with Crippen molar-refractivity contribution in [1.82, 2.24) is 35.1 Å². The van der Waals surface area contributed by atoms with Crippen LogP contribution in [0.15, 0.2) is 51.4 Å². The Balaban J connectivity index is 1.39. The molecule has 0 spiro atoms. The van der Waals surface area contributed by atoms with Gasteiger partial charge < -0.3 is 13.9 Å². The van der Waals surface area contributed by atoms with Crippen molar-refractivity contribution in [2.24, 2.45) is 0 Å². The molecule has 1 amide bonds. The number of aromatic nitrogens is 6. The molecule has 39 heavy (non-hydrogen) atoms. The fourth-order valence-electron chi connectivity index (χ4n) is 5.16. The number of hydrogen-bond acceptors (Lipinski definition) is 6. The van der Waals surface area contributed by atoms with Gasteiger partial charge in [-0.05, 0) is 58.1 Å². The van der Waals surface area contributed by atoms with Crippen molar-refractivity contribution >= 4 is 44.4 Å². The molecule has 1 N–H and O–H groups in total. The molecule has 1 saturated heterocycles. The summed E-state index contributed by atoms with van der Waals surface area (Å²) in [5.41, 5.74) is 3.90. The summed E-state index contributed by atoms with van der Waals surface area (Å²) in [4.78, 5) is 20.0. The van der Waals surface area contributed by atoms with Crippen LogP contribution in [0.25, 0.3) is 33.7 Å². The molecule has 0 radical (unpaired) electrons. The fraction of sp³-hybridized carbons (Fsp3) is 0.321. The summed E-state index contributed by atoms with van der Waals surface area (Å²) >= 11 is 10.4. The van der Waals surface area contributed by atoms with Crippen molar-refractivity contribution in [3.63, 3.8) is 0 Å². The highest BCUT2D eigenvalue weighted by Crippen LogP contribution is 2.41. The van der Waals surface area contributed by atoms with E-state index in [1.807, 2.05) is 45.9 Å². The molecule has 0 bridgehead atoms. The molecular formula is C28H27BrClN7O2. The lowest BCUT2D eigenvalue weighted by molar-refractivity contribution is 0.0782. The molecule has 11 heteroatoms. The van der Waals surface area contributed by atoms with Gasteiger partial charge in [-0.1, -0.05) is 55.3 Å². The number of aromatic amines is 1. The van der Waals surface area contributed by atoms with Gasteiger partial charge >= 0.3 is 0 Å². The summed E-state index contributed by atoms with van der Waals surface area (Å²) in [6.45, 7) is 4.14. The molecule has 2 aromatic carbocycles. The highest BCUT2D eigenvalue weighted by molar-refractivity contribution is 9.10. The lowest BCUT2D eigenvalue weighted by Crippen LogP contribution is -2.30. The minimum absolute atomic E-state index is 0.0429. The van der Waals surface area contributed by atoms with Crippen LogP contribution in [0.3, 0.4) is 0 Å². The molecule has 6 rings (SSSR count). The number of tetrazole rings is 1. The van der Waals surface area contributed by atoms with Crippen LogP contribution in [0, 0.1) is 0 Å². The number of nitrogens with zero attached hydrogens (tertiary/aromatic N) is 6. The van der Waals surface area contributed by atoms with E-state index >= 15 is 0 Å². The number of aryl methyl sites for hydroxylation is 1. The van der Waals surface area contributed by atoms with Gasteiger partial charge in [-0.3, -0.25) is 4.79 Å². The standard InChI is InChI=1S/C28H27BrClN7O2/c1-2-3-10-22-31-26(30)24(28(38)36-13-6-7-14-36)37(22)16-17-11-12-21-20(15-17)23(29)25(39-21)18-8-4-5-9-19(18)27-32-34-35-33-27/h4-5,8-9,11-12,15H,2-3,6-7,10,13-14,16H2,1H3,(H,32,33,34,35). The van der Waals surface area contributed by atoms with E-state index in [0.29, 0.717) is 23.8 Å². The SMILES string of the molecule is CCCCc1nc(Cl)c(C(=O)N2CCCC2)n1Cc1ccc2oc(-c3ccccc3-c3nn[nH]n3)c(Br)c2c1. The second kappa shape index (κ2) is 10.9. The van der Waals surface area contributed by atoms with Crippen LogP contribution in [0.4, 0.5) is 0 Å². The smallest absolute Gasteiger partial charge is 0.273 e. The van der Waals surface area contributed by atoms with Crippen molar-refractivity contribution in [3.05, 3.63) is 69.2 Å². The maximum absolute atomic E-state index is 13.5. The highest BCUT2D eigenvalue weighted by atomic mass is 79.9. The van der Waals surface area contributed by atoms with Gasteiger partial charge in [0.05, 0.1) is 4.47 Å². The van der Waals surface area contributed by atoms with E-state index in [0.717, 1.165) is 83.2 Å². The number of nitrogens with one attached hydrogen (secondary N) is 1. The minimum atomic E-state index is -0.0429. The van der Waals surface area contributed by atoms with Gasteiger partial charge in [0.25, 0.3) is 5.91 Å². The van der Waals surface area contributed by atoms with Crippen molar-refractivity contribution in [2.75, 3.05) is 13.1 Å². The van der Waals surface area contributed by atoms with Crippen LogP contribution in [-0.4, -0.2) is 54.1 Å². The third-order valence-corrected chi connectivity index (χ3v) is 8.20. The molecule has 200 valence electrons. The maximum Gasteiger partial charge on any atom is 0.273 e. The number of unbranched alkanes of at least 4 members (excludes halogenated alkanes) is 1. The number of carbonyl (C=O) groups is 1.